The van der Waals surface area contributed by atoms with Gasteiger partial charge in [0.1, 0.15) is 0 Å². The number of nitrogens with zero attached hydrogens (tertiary/aromatic N) is 1. The molecule has 20 heavy (non-hydrogen) atoms. The van der Waals surface area contributed by atoms with Crippen LogP contribution >= 0.6 is 12.2 Å². The number of hydrogen-bond acceptors (Lipinski definition) is 2. The molecule has 0 aliphatic carbocycles. The fourth-order valence-electron chi connectivity index (χ4n) is 2.10. The molecule has 110 valence electrons. The van der Waals surface area contributed by atoms with Gasteiger partial charge in [0.15, 0.2) is 5.11 Å². The monoisotopic (exact) mass is 291 g/mol. The Morgan fingerprint density at radius 2 is 1.90 bits per heavy atom. The van der Waals surface area contributed by atoms with E-state index in [4.69, 9.17) is 12.2 Å². The Labute approximate surface area is 127 Å². The number of aryl methyl sites for hydroxylation is 1. The lowest BCUT2D eigenvalue weighted by Crippen LogP contribution is -2.24. The zero-order valence-corrected chi connectivity index (χ0v) is 13.5. The summed E-state index contributed by atoms with van der Waals surface area (Å²) in [4.78, 5) is 0. The van der Waals surface area contributed by atoms with Crippen LogP contribution in [0.1, 0.15) is 45.1 Å². The van der Waals surface area contributed by atoms with E-state index >= 15 is 0 Å². The lowest BCUT2D eigenvalue weighted by molar-refractivity contribution is 0.565. The van der Waals surface area contributed by atoms with Crippen molar-refractivity contribution in [2.75, 3.05) is 5.32 Å². The van der Waals surface area contributed by atoms with Crippen LogP contribution in [-0.2, 0) is 0 Å². The highest BCUT2D eigenvalue weighted by Gasteiger charge is 2.03. The van der Waals surface area contributed by atoms with Crippen molar-refractivity contribution in [2.24, 2.45) is 11.0 Å². The van der Waals surface area contributed by atoms with Crippen LogP contribution in [0.25, 0.3) is 0 Å². The molecule has 3 nitrogen and oxygen atoms in total. The SMILES string of the molecule is CCCC(/C=N/NC(=S)Nc1ccccc1C)CCC. The Balaban J connectivity index is 2.44. The quantitative estimate of drug-likeness (QED) is 0.441. The predicted octanol–water partition coefficient (Wildman–Crippen LogP) is 4.48. The molecule has 4 heteroatoms. The van der Waals surface area contributed by atoms with Crippen LogP contribution in [0.5, 0.6) is 0 Å². The zero-order valence-electron chi connectivity index (χ0n) is 12.6. The van der Waals surface area contributed by atoms with Gasteiger partial charge in [-0.3, -0.25) is 5.43 Å². The van der Waals surface area contributed by atoms with Gasteiger partial charge in [0.05, 0.1) is 0 Å². The van der Waals surface area contributed by atoms with E-state index in [1.54, 1.807) is 0 Å². The Bertz CT molecular complexity index is 437. The van der Waals surface area contributed by atoms with Crippen molar-refractivity contribution < 1.29 is 0 Å². The van der Waals surface area contributed by atoms with Gasteiger partial charge < -0.3 is 5.32 Å². The van der Waals surface area contributed by atoms with Gasteiger partial charge >= 0.3 is 0 Å². The van der Waals surface area contributed by atoms with E-state index in [9.17, 15) is 0 Å². The van der Waals surface area contributed by atoms with Crippen molar-refractivity contribution in [3.8, 4) is 0 Å². The summed E-state index contributed by atoms with van der Waals surface area (Å²) in [6.45, 7) is 6.45. The highest BCUT2D eigenvalue weighted by Crippen LogP contribution is 2.13. The Morgan fingerprint density at radius 3 is 2.50 bits per heavy atom. The first kappa shape index (κ1) is 16.6. The van der Waals surface area contributed by atoms with Gasteiger partial charge in [-0.05, 0) is 49.5 Å². The van der Waals surface area contributed by atoms with Crippen LogP contribution in [0.2, 0.25) is 0 Å². The molecule has 0 aliphatic rings. The summed E-state index contributed by atoms with van der Waals surface area (Å²) in [6, 6.07) is 8.05. The fourth-order valence-corrected chi connectivity index (χ4v) is 2.26. The third-order valence-corrected chi connectivity index (χ3v) is 3.36. The summed E-state index contributed by atoms with van der Waals surface area (Å²) in [5.41, 5.74) is 5.07. The van der Waals surface area contributed by atoms with Crippen LogP contribution in [-0.4, -0.2) is 11.3 Å². The van der Waals surface area contributed by atoms with E-state index in [2.05, 4.69) is 29.7 Å². The first-order valence-electron chi connectivity index (χ1n) is 7.33. The zero-order chi connectivity index (χ0) is 14.8. The van der Waals surface area contributed by atoms with Gasteiger partial charge in [-0.1, -0.05) is 44.9 Å². The molecule has 1 aromatic rings. The number of rotatable bonds is 7. The minimum Gasteiger partial charge on any atom is -0.331 e. The van der Waals surface area contributed by atoms with Crippen molar-refractivity contribution in [3.05, 3.63) is 29.8 Å². The number of hydrazone groups is 1. The molecule has 0 saturated carbocycles. The highest BCUT2D eigenvalue weighted by molar-refractivity contribution is 7.80. The molecule has 0 unspecified atom stereocenters. The summed E-state index contributed by atoms with van der Waals surface area (Å²) >= 11 is 5.24. The van der Waals surface area contributed by atoms with E-state index in [0.717, 1.165) is 11.3 Å². The molecule has 0 heterocycles. The Kier molecular flexibility index (Phi) is 7.88. The second-order valence-electron chi connectivity index (χ2n) is 5.00. The van der Waals surface area contributed by atoms with Crippen LogP contribution < -0.4 is 10.7 Å². The maximum Gasteiger partial charge on any atom is 0.191 e. The van der Waals surface area contributed by atoms with Crippen molar-refractivity contribution in [2.45, 2.75) is 46.5 Å². The number of para-hydroxylation sites is 1. The van der Waals surface area contributed by atoms with Crippen molar-refractivity contribution >= 4 is 29.2 Å². The normalized spacial score (nSPS) is 11.0. The van der Waals surface area contributed by atoms with E-state index in [1.807, 2.05) is 37.4 Å². The number of nitrogens with one attached hydrogen (secondary N) is 2. The molecule has 0 amide bonds. The number of hydrogen-bond donors (Lipinski definition) is 2. The molecular weight excluding hydrogens is 266 g/mol. The Morgan fingerprint density at radius 1 is 1.25 bits per heavy atom. The highest BCUT2D eigenvalue weighted by atomic mass is 32.1. The molecule has 0 saturated heterocycles. The number of thiocarbonyl (C=S) groups is 1. The first-order valence-corrected chi connectivity index (χ1v) is 7.74. The van der Waals surface area contributed by atoms with Crippen molar-refractivity contribution in [1.29, 1.82) is 0 Å². The number of anilines is 1. The molecule has 0 aliphatic heterocycles. The average Bonchev–Trinajstić information content (AvgIpc) is 2.42. The molecule has 2 N–H and O–H groups in total. The molecular formula is C16H25N3S. The summed E-state index contributed by atoms with van der Waals surface area (Å²) < 4.78 is 0. The second-order valence-corrected chi connectivity index (χ2v) is 5.40. The molecule has 0 atom stereocenters. The lowest BCUT2D eigenvalue weighted by atomic mass is 10.0. The van der Waals surface area contributed by atoms with Crippen LogP contribution in [0.3, 0.4) is 0 Å². The predicted molar refractivity (Wildman–Crippen MR) is 92.3 cm³/mol. The van der Waals surface area contributed by atoms with Gasteiger partial charge in [-0.15, -0.1) is 0 Å². The second kappa shape index (κ2) is 9.48. The van der Waals surface area contributed by atoms with Crippen molar-refractivity contribution in [3.63, 3.8) is 0 Å². The van der Waals surface area contributed by atoms with Crippen LogP contribution in [0, 0.1) is 12.8 Å². The van der Waals surface area contributed by atoms with Crippen LogP contribution in [0.4, 0.5) is 5.69 Å². The van der Waals surface area contributed by atoms with Crippen molar-refractivity contribution in [1.82, 2.24) is 5.43 Å². The molecule has 0 spiro atoms. The molecule has 1 rings (SSSR count). The summed E-state index contributed by atoms with van der Waals surface area (Å²) in [7, 11) is 0. The maximum absolute atomic E-state index is 5.24. The first-order chi connectivity index (χ1) is 9.67. The lowest BCUT2D eigenvalue weighted by Gasteiger charge is -2.11. The van der Waals surface area contributed by atoms with E-state index < -0.39 is 0 Å². The van der Waals surface area contributed by atoms with Gasteiger partial charge in [0.25, 0.3) is 0 Å². The van der Waals surface area contributed by atoms with E-state index in [0.29, 0.717) is 11.0 Å². The maximum atomic E-state index is 5.24. The van der Waals surface area contributed by atoms with E-state index in [1.165, 1.54) is 25.7 Å². The van der Waals surface area contributed by atoms with E-state index in [-0.39, 0.29) is 0 Å². The Hall–Kier alpha value is -1.42. The molecule has 0 bridgehead atoms. The number of benzene rings is 1. The topological polar surface area (TPSA) is 36.4 Å². The van der Waals surface area contributed by atoms with Gasteiger partial charge in [-0.25, -0.2) is 0 Å². The van der Waals surface area contributed by atoms with Crippen LogP contribution in [0.15, 0.2) is 29.4 Å². The largest absolute Gasteiger partial charge is 0.331 e. The summed E-state index contributed by atoms with van der Waals surface area (Å²) in [5.74, 6) is 0.541. The minimum atomic E-state index is 0.530. The fraction of sp³-hybridized carbons (Fsp3) is 0.500. The smallest absolute Gasteiger partial charge is 0.191 e. The molecule has 0 radical (unpaired) electrons. The van der Waals surface area contributed by atoms with Gasteiger partial charge in [0.2, 0.25) is 0 Å². The standard InChI is InChI=1S/C16H25N3S/c1-4-8-14(9-5-2)12-17-19-16(20)18-15-11-7-6-10-13(15)3/h6-7,10-12,14H,4-5,8-9H2,1-3H3,(H2,18,19,20)/b17-12+. The summed E-state index contributed by atoms with van der Waals surface area (Å²) in [6.07, 6.45) is 6.71. The molecule has 0 aromatic heterocycles. The minimum absolute atomic E-state index is 0.530. The molecule has 1 aromatic carbocycles. The average molecular weight is 291 g/mol. The van der Waals surface area contributed by atoms with Gasteiger partial charge in [-0.2, -0.15) is 5.10 Å². The third-order valence-electron chi connectivity index (χ3n) is 3.16. The molecule has 0 fully saturated rings. The third kappa shape index (κ3) is 6.15. The summed E-state index contributed by atoms with van der Waals surface area (Å²) in [5, 5.41) is 7.94. The van der Waals surface area contributed by atoms with Gasteiger partial charge in [0, 0.05) is 11.9 Å².